The van der Waals surface area contributed by atoms with Crippen LogP contribution in [0.15, 0.2) is 36.9 Å². The second-order valence-electron chi connectivity index (χ2n) is 3.43. The van der Waals surface area contributed by atoms with Gasteiger partial charge < -0.3 is 5.11 Å². The van der Waals surface area contributed by atoms with Gasteiger partial charge in [0.15, 0.2) is 0 Å². The molecule has 0 bridgehead atoms. The van der Waals surface area contributed by atoms with Gasteiger partial charge in [0.1, 0.15) is 5.60 Å². The van der Waals surface area contributed by atoms with E-state index < -0.39 is 10.5 Å². The first-order valence-electron chi connectivity index (χ1n) is 4.68. The van der Waals surface area contributed by atoms with E-state index in [-0.39, 0.29) is 17.4 Å². The standard InChI is InChI=1S/C11H12BrNO3/c1-2-7-11(14,8-12)9-5-3-4-6-10(9)13(15)16/h2-6,14H,1,7-8H2. The number of nitrogens with zero attached hydrogens (tertiary/aromatic N) is 1. The first-order chi connectivity index (χ1) is 7.55. The number of hydrogen-bond acceptors (Lipinski definition) is 3. The fourth-order valence-electron chi connectivity index (χ4n) is 1.50. The van der Waals surface area contributed by atoms with Gasteiger partial charge in [0, 0.05) is 11.4 Å². The van der Waals surface area contributed by atoms with Crippen LogP contribution in [-0.2, 0) is 5.60 Å². The van der Waals surface area contributed by atoms with Gasteiger partial charge in [0.25, 0.3) is 5.69 Å². The van der Waals surface area contributed by atoms with Gasteiger partial charge in [0.2, 0.25) is 0 Å². The number of halogens is 1. The highest BCUT2D eigenvalue weighted by molar-refractivity contribution is 9.09. The first kappa shape index (κ1) is 12.9. The Bertz CT molecular complexity index is 408. The van der Waals surface area contributed by atoms with Crippen LogP contribution in [0.5, 0.6) is 0 Å². The summed E-state index contributed by atoms with van der Waals surface area (Å²) >= 11 is 3.17. The van der Waals surface area contributed by atoms with Crippen LogP contribution in [0.1, 0.15) is 12.0 Å². The van der Waals surface area contributed by atoms with Crippen LogP contribution in [0.3, 0.4) is 0 Å². The van der Waals surface area contributed by atoms with E-state index in [0.717, 1.165) is 0 Å². The molecule has 0 fully saturated rings. The lowest BCUT2D eigenvalue weighted by Gasteiger charge is -2.24. The van der Waals surface area contributed by atoms with Crippen LogP contribution in [0.25, 0.3) is 0 Å². The Morgan fingerprint density at radius 2 is 2.19 bits per heavy atom. The summed E-state index contributed by atoms with van der Waals surface area (Å²) in [5.74, 6) is 0. The maximum absolute atomic E-state index is 10.8. The van der Waals surface area contributed by atoms with Crippen molar-refractivity contribution in [3.8, 4) is 0 Å². The summed E-state index contributed by atoms with van der Waals surface area (Å²) < 4.78 is 0. The van der Waals surface area contributed by atoms with Gasteiger partial charge in [-0.15, -0.1) is 6.58 Å². The number of nitro groups is 1. The molecule has 0 radical (unpaired) electrons. The normalized spacial score (nSPS) is 14.1. The van der Waals surface area contributed by atoms with E-state index in [2.05, 4.69) is 22.5 Å². The monoisotopic (exact) mass is 285 g/mol. The molecule has 86 valence electrons. The summed E-state index contributed by atoms with van der Waals surface area (Å²) in [7, 11) is 0. The van der Waals surface area contributed by atoms with Crippen LogP contribution in [0, 0.1) is 10.1 Å². The maximum atomic E-state index is 10.8. The van der Waals surface area contributed by atoms with Crippen LogP contribution < -0.4 is 0 Å². The fraction of sp³-hybridized carbons (Fsp3) is 0.273. The Kier molecular flexibility index (Phi) is 4.20. The SMILES string of the molecule is C=CCC(O)(CBr)c1ccccc1[N+](=O)[O-]. The van der Waals surface area contributed by atoms with Gasteiger partial charge in [-0.1, -0.05) is 34.1 Å². The lowest BCUT2D eigenvalue weighted by Crippen LogP contribution is -2.27. The van der Waals surface area contributed by atoms with Crippen molar-refractivity contribution >= 4 is 21.6 Å². The smallest absolute Gasteiger partial charge is 0.275 e. The van der Waals surface area contributed by atoms with E-state index in [9.17, 15) is 15.2 Å². The first-order valence-corrected chi connectivity index (χ1v) is 5.80. The zero-order valence-corrected chi connectivity index (χ0v) is 10.2. The van der Waals surface area contributed by atoms with Crippen molar-refractivity contribution in [1.29, 1.82) is 0 Å². The predicted molar refractivity (Wildman–Crippen MR) is 65.6 cm³/mol. The van der Waals surface area contributed by atoms with Gasteiger partial charge in [-0.05, 0) is 12.5 Å². The number of aliphatic hydroxyl groups is 1. The highest BCUT2D eigenvalue weighted by Gasteiger charge is 2.33. The third-order valence-electron chi connectivity index (χ3n) is 2.31. The summed E-state index contributed by atoms with van der Waals surface area (Å²) in [6.45, 7) is 3.54. The highest BCUT2D eigenvalue weighted by Crippen LogP contribution is 2.34. The van der Waals surface area contributed by atoms with E-state index in [1.165, 1.54) is 12.1 Å². The molecule has 1 aromatic carbocycles. The molecule has 16 heavy (non-hydrogen) atoms. The van der Waals surface area contributed by atoms with Gasteiger partial charge in [0.05, 0.1) is 10.5 Å². The van der Waals surface area contributed by atoms with Crippen molar-refractivity contribution in [3.63, 3.8) is 0 Å². The third kappa shape index (κ3) is 2.48. The van der Waals surface area contributed by atoms with Crippen LogP contribution in [0.2, 0.25) is 0 Å². The molecule has 1 aromatic rings. The van der Waals surface area contributed by atoms with E-state index in [0.29, 0.717) is 5.56 Å². The average molecular weight is 286 g/mol. The number of benzene rings is 1. The number of hydrogen-bond donors (Lipinski definition) is 1. The minimum Gasteiger partial charge on any atom is -0.384 e. The number of nitro benzene ring substituents is 1. The second-order valence-corrected chi connectivity index (χ2v) is 3.99. The lowest BCUT2D eigenvalue weighted by molar-refractivity contribution is -0.386. The fourth-order valence-corrected chi connectivity index (χ4v) is 2.03. The number of alkyl halides is 1. The quantitative estimate of drug-likeness (QED) is 0.392. The molecule has 0 aliphatic carbocycles. The molecule has 0 amide bonds. The van der Waals surface area contributed by atoms with Crippen molar-refractivity contribution < 1.29 is 10.0 Å². The second kappa shape index (κ2) is 5.23. The van der Waals surface area contributed by atoms with Crippen molar-refractivity contribution in [2.75, 3.05) is 5.33 Å². The van der Waals surface area contributed by atoms with Crippen molar-refractivity contribution in [2.24, 2.45) is 0 Å². The van der Waals surface area contributed by atoms with E-state index in [1.807, 2.05) is 0 Å². The minimum atomic E-state index is -1.29. The van der Waals surface area contributed by atoms with Crippen LogP contribution in [-0.4, -0.2) is 15.4 Å². The Labute approximate surface area is 102 Å². The molecule has 0 aliphatic heterocycles. The molecule has 1 rings (SSSR count). The lowest BCUT2D eigenvalue weighted by atomic mass is 9.91. The van der Waals surface area contributed by atoms with Crippen LogP contribution >= 0.6 is 15.9 Å². The highest BCUT2D eigenvalue weighted by atomic mass is 79.9. The molecule has 0 heterocycles. The van der Waals surface area contributed by atoms with Gasteiger partial charge in [-0.2, -0.15) is 0 Å². The molecule has 0 saturated heterocycles. The zero-order valence-electron chi connectivity index (χ0n) is 8.60. The molecule has 0 saturated carbocycles. The Morgan fingerprint density at radius 1 is 1.56 bits per heavy atom. The zero-order chi connectivity index (χ0) is 12.2. The molecule has 0 aliphatic rings. The molecule has 1 atom stereocenters. The van der Waals surface area contributed by atoms with Crippen molar-refractivity contribution in [3.05, 3.63) is 52.6 Å². The molecule has 1 N–H and O–H groups in total. The molecule has 5 heteroatoms. The van der Waals surface area contributed by atoms with Gasteiger partial charge in [-0.25, -0.2) is 0 Å². The van der Waals surface area contributed by atoms with E-state index in [1.54, 1.807) is 18.2 Å². The summed E-state index contributed by atoms with van der Waals surface area (Å²) in [6.07, 6.45) is 1.79. The maximum Gasteiger partial charge on any atom is 0.275 e. The van der Waals surface area contributed by atoms with Crippen molar-refractivity contribution in [1.82, 2.24) is 0 Å². The Hall–Kier alpha value is -1.20. The number of para-hydroxylation sites is 1. The largest absolute Gasteiger partial charge is 0.384 e. The van der Waals surface area contributed by atoms with E-state index >= 15 is 0 Å². The summed E-state index contributed by atoms with van der Waals surface area (Å²) in [5.41, 5.74) is -1.06. The predicted octanol–water partition coefficient (Wildman–Crippen LogP) is 2.75. The van der Waals surface area contributed by atoms with Crippen LogP contribution in [0.4, 0.5) is 5.69 Å². The topological polar surface area (TPSA) is 63.4 Å². The average Bonchev–Trinajstić information content (AvgIpc) is 2.29. The minimum absolute atomic E-state index is 0.0775. The molecule has 4 nitrogen and oxygen atoms in total. The van der Waals surface area contributed by atoms with Gasteiger partial charge in [-0.3, -0.25) is 10.1 Å². The molecular weight excluding hydrogens is 274 g/mol. The van der Waals surface area contributed by atoms with Gasteiger partial charge >= 0.3 is 0 Å². The molecular formula is C11H12BrNO3. The molecule has 1 unspecified atom stereocenters. The number of rotatable bonds is 5. The van der Waals surface area contributed by atoms with Crippen molar-refractivity contribution in [2.45, 2.75) is 12.0 Å². The summed E-state index contributed by atoms with van der Waals surface area (Å²) in [5, 5.41) is 21.4. The third-order valence-corrected chi connectivity index (χ3v) is 3.23. The Morgan fingerprint density at radius 3 is 2.69 bits per heavy atom. The summed E-state index contributed by atoms with van der Waals surface area (Å²) in [4.78, 5) is 10.3. The van der Waals surface area contributed by atoms with E-state index in [4.69, 9.17) is 0 Å². The Balaban J connectivity index is 3.29. The molecule has 0 spiro atoms. The summed E-state index contributed by atoms with van der Waals surface area (Å²) in [6, 6.07) is 6.18. The molecule has 0 aromatic heterocycles.